The number of hydrogen-bond acceptors (Lipinski definition) is 3. The van der Waals surface area contributed by atoms with Crippen LogP contribution in [-0.2, 0) is 4.79 Å². The van der Waals surface area contributed by atoms with Crippen molar-refractivity contribution in [3.63, 3.8) is 0 Å². The van der Waals surface area contributed by atoms with E-state index < -0.39 is 5.97 Å². The Labute approximate surface area is 105 Å². The first-order chi connectivity index (χ1) is 8.58. The van der Waals surface area contributed by atoms with Gasteiger partial charge in [-0.25, -0.2) is 0 Å². The van der Waals surface area contributed by atoms with Gasteiger partial charge in [-0.15, -0.1) is 0 Å². The molecule has 1 atom stereocenters. The third-order valence-electron chi connectivity index (χ3n) is 3.11. The van der Waals surface area contributed by atoms with Gasteiger partial charge in [0.2, 0.25) is 0 Å². The van der Waals surface area contributed by atoms with Crippen LogP contribution in [0.5, 0.6) is 0 Å². The van der Waals surface area contributed by atoms with E-state index in [-0.39, 0.29) is 24.3 Å². The van der Waals surface area contributed by atoms with Crippen LogP contribution in [0.3, 0.4) is 0 Å². The molecule has 0 saturated heterocycles. The molecule has 1 amide bonds. The lowest BCUT2D eigenvalue weighted by atomic mass is 10.1. The zero-order valence-electron chi connectivity index (χ0n) is 9.93. The highest BCUT2D eigenvalue weighted by molar-refractivity contribution is 5.99. The van der Waals surface area contributed by atoms with Gasteiger partial charge in [0, 0.05) is 11.7 Å². The lowest BCUT2D eigenvalue weighted by Crippen LogP contribution is -2.38. The van der Waals surface area contributed by atoms with Crippen LogP contribution in [0.15, 0.2) is 24.3 Å². The molecule has 1 unspecified atom stereocenters. The maximum absolute atomic E-state index is 12.0. The van der Waals surface area contributed by atoms with Gasteiger partial charge in [0.1, 0.15) is 0 Å². The van der Waals surface area contributed by atoms with Crippen molar-refractivity contribution in [1.29, 1.82) is 0 Å². The minimum absolute atomic E-state index is 0.0385. The van der Waals surface area contributed by atoms with Gasteiger partial charge in [0.15, 0.2) is 0 Å². The predicted octanol–water partition coefficient (Wildman–Crippen LogP) is 1.25. The lowest BCUT2D eigenvalue weighted by Gasteiger charge is -2.16. The molecule has 0 aliphatic heterocycles. The molecule has 0 bridgehead atoms. The number of carbonyl (C=O) groups is 2. The molecule has 4 N–H and O–H groups in total. The number of amides is 1. The minimum atomic E-state index is -0.895. The molecule has 0 spiro atoms. The predicted molar refractivity (Wildman–Crippen MR) is 67.1 cm³/mol. The van der Waals surface area contributed by atoms with Gasteiger partial charge in [0.25, 0.3) is 5.91 Å². The maximum atomic E-state index is 12.0. The number of para-hydroxylation sites is 1. The smallest absolute Gasteiger partial charge is 0.305 e. The Morgan fingerprint density at radius 2 is 2.06 bits per heavy atom. The molecule has 1 saturated carbocycles. The first kappa shape index (κ1) is 12.4. The van der Waals surface area contributed by atoms with Crippen molar-refractivity contribution in [3.8, 4) is 0 Å². The van der Waals surface area contributed by atoms with Crippen molar-refractivity contribution in [2.45, 2.75) is 25.3 Å². The van der Waals surface area contributed by atoms with Gasteiger partial charge in [-0.2, -0.15) is 0 Å². The largest absolute Gasteiger partial charge is 0.481 e. The summed E-state index contributed by atoms with van der Waals surface area (Å²) in [6.45, 7) is 0. The number of rotatable bonds is 5. The van der Waals surface area contributed by atoms with Crippen LogP contribution in [0, 0.1) is 5.92 Å². The van der Waals surface area contributed by atoms with E-state index in [1.165, 1.54) is 0 Å². The summed E-state index contributed by atoms with van der Waals surface area (Å²) in [5, 5.41) is 11.6. The number of benzene rings is 1. The molecular formula is C13H16N2O3. The molecule has 5 nitrogen and oxygen atoms in total. The second-order valence-electron chi connectivity index (χ2n) is 4.60. The van der Waals surface area contributed by atoms with Crippen LogP contribution < -0.4 is 11.1 Å². The summed E-state index contributed by atoms with van der Waals surface area (Å²) < 4.78 is 0. The highest BCUT2D eigenvalue weighted by Gasteiger charge is 2.34. The number of hydrogen-bond donors (Lipinski definition) is 3. The monoisotopic (exact) mass is 248 g/mol. The molecule has 1 aromatic rings. The lowest BCUT2D eigenvalue weighted by molar-refractivity contribution is -0.137. The second-order valence-corrected chi connectivity index (χ2v) is 4.60. The summed E-state index contributed by atoms with van der Waals surface area (Å²) in [6.07, 6.45) is 1.91. The molecule has 5 heteroatoms. The third-order valence-corrected chi connectivity index (χ3v) is 3.11. The zero-order chi connectivity index (χ0) is 13.1. The Hall–Kier alpha value is -2.04. The summed E-state index contributed by atoms with van der Waals surface area (Å²) >= 11 is 0. The van der Waals surface area contributed by atoms with E-state index in [2.05, 4.69) is 5.32 Å². The first-order valence-corrected chi connectivity index (χ1v) is 5.95. The van der Waals surface area contributed by atoms with E-state index in [1.807, 2.05) is 0 Å². The van der Waals surface area contributed by atoms with E-state index in [0.717, 1.165) is 12.8 Å². The molecule has 1 aliphatic carbocycles. The Bertz CT molecular complexity index is 469. The topological polar surface area (TPSA) is 92.4 Å². The average Bonchev–Trinajstić information content (AvgIpc) is 3.11. The molecule has 18 heavy (non-hydrogen) atoms. The average molecular weight is 248 g/mol. The quantitative estimate of drug-likeness (QED) is 0.684. The van der Waals surface area contributed by atoms with Crippen molar-refractivity contribution in [2.24, 2.45) is 5.92 Å². The van der Waals surface area contributed by atoms with Crippen molar-refractivity contribution < 1.29 is 14.7 Å². The molecule has 1 aromatic carbocycles. The van der Waals surface area contributed by atoms with Crippen LogP contribution in [0.1, 0.15) is 29.6 Å². The molecular weight excluding hydrogens is 232 g/mol. The van der Waals surface area contributed by atoms with Crippen molar-refractivity contribution in [2.75, 3.05) is 5.73 Å². The highest BCUT2D eigenvalue weighted by atomic mass is 16.4. The van der Waals surface area contributed by atoms with Crippen LogP contribution >= 0.6 is 0 Å². The number of aliphatic carboxylic acids is 1. The van der Waals surface area contributed by atoms with Crippen molar-refractivity contribution >= 4 is 17.6 Å². The number of nitrogens with one attached hydrogen (secondary N) is 1. The fraction of sp³-hybridized carbons (Fsp3) is 0.385. The highest BCUT2D eigenvalue weighted by Crippen LogP contribution is 2.34. The Morgan fingerprint density at radius 1 is 1.39 bits per heavy atom. The number of nitrogen functional groups attached to an aromatic ring is 1. The van der Waals surface area contributed by atoms with E-state index in [9.17, 15) is 9.59 Å². The van der Waals surface area contributed by atoms with Crippen molar-refractivity contribution in [3.05, 3.63) is 29.8 Å². The maximum Gasteiger partial charge on any atom is 0.305 e. The number of nitrogens with two attached hydrogens (primary N) is 1. The molecule has 0 heterocycles. The number of carboxylic acid groups (broad SMARTS) is 1. The normalized spacial score (nSPS) is 16.0. The molecule has 0 aromatic heterocycles. The number of anilines is 1. The first-order valence-electron chi connectivity index (χ1n) is 5.95. The Kier molecular flexibility index (Phi) is 3.50. The van der Waals surface area contributed by atoms with Gasteiger partial charge >= 0.3 is 5.97 Å². The van der Waals surface area contributed by atoms with Crippen LogP contribution in [0.25, 0.3) is 0 Å². The molecule has 0 radical (unpaired) electrons. The van der Waals surface area contributed by atoms with Gasteiger partial charge < -0.3 is 16.2 Å². The Morgan fingerprint density at radius 3 is 2.61 bits per heavy atom. The minimum Gasteiger partial charge on any atom is -0.481 e. The van der Waals surface area contributed by atoms with E-state index in [1.54, 1.807) is 24.3 Å². The molecule has 96 valence electrons. The number of carbonyl (C=O) groups excluding carboxylic acids is 1. The number of carboxylic acids is 1. The van der Waals surface area contributed by atoms with E-state index in [0.29, 0.717) is 11.3 Å². The van der Waals surface area contributed by atoms with Crippen molar-refractivity contribution in [1.82, 2.24) is 5.32 Å². The summed E-state index contributed by atoms with van der Waals surface area (Å²) in [7, 11) is 0. The van der Waals surface area contributed by atoms with E-state index in [4.69, 9.17) is 10.8 Å². The SMILES string of the molecule is Nc1ccccc1C(=O)NC(CC(=O)O)C1CC1. The molecule has 1 aliphatic rings. The van der Waals surface area contributed by atoms with Gasteiger partial charge in [0.05, 0.1) is 12.0 Å². The van der Waals surface area contributed by atoms with Gasteiger partial charge in [-0.1, -0.05) is 12.1 Å². The molecule has 2 rings (SSSR count). The summed E-state index contributed by atoms with van der Waals surface area (Å²) in [5.74, 6) is -0.908. The fourth-order valence-electron chi connectivity index (χ4n) is 1.97. The van der Waals surface area contributed by atoms with Crippen LogP contribution in [0.4, 0.5) is 5.69 Å². The molecule has 1 fully saturated rings. The second kappa shape index (κ2) is 5.08. The summed E-state index contributed by atoms with van der Waals surface area (Å²) in [6, 6.07) is 6.47. The summed E-state index contributed by atoms with van der Waals surface area (Å²) in [5.41, 5.74) is 6.51. The third kappa shape index (κ3) is 3.00. The fourth-order valence-corrected chi connectivity index (χ4v) is 1.97. The summed E-state index contributed by atoms with van der Waals surface area (Å²) in [4.78, 5) is 22.8. The van der Waals surface area contributed by atoms with Gasteiger partial charge in [-0.3, -0.25) is 9.59 Å². The van der Waals surface area contributed by atoms with Crippen LogP contribution in [0.2, 0.25) is 0 Å². The van der Waals surface area contributed by atoms with E-state index >= 15 is 0 Å². The van der Waals surface area contributed by atoms with Crippen LogP contribution in [-0.4, -0.2) is 23.0 Å². The van der Waals surface area contributed by atoms with Gasteiger partial charge in [-0.05, 0) is 30.9 Å². The zero-order valence-corrected chi connectivity index (χ0v) is 9.93. The Balaban J connectivity index is 2.05. The standard InChI is InChI=1S/C13H16N2O3/c14-10-4-2-1-3-9(10)13(18)15-11(7-12(16)17)8-5-6-8/h1-4,8,11H,5-7,14H2,(H,15,18)(H,16,17).